The maximum atomic E-state index is 12.8. The molecule has 0 bridgehead atoms. The summed E-state index contributed by atoms with van der Waals surface area (Å²) in [6.45, 7) is 0. The second kappa shape index (κ2) is 4.75. The fraction of sp³-hybridized carbons (Fsp3) is 0.538. The Morgan fingerprint density at radius 2 is 1.93 bits per heavy atom. The quantitative estimate of drug-likeness (QED) is 0.786. The highest BCUT2D eigenvalue weighted by Gasteiger charge is 2.21. The van der Waals surface area contributed by atoms with Crippen LogP contribution >= 0.6 is 0 Å². The average molecular weight is 207 g/mol. The lowest BCUT2D eigenvalue weighted by Gasteiger charge is -2.29. The van der Waals surface area contributed by atoms with Crippen molar-refractivity contribution >= 4 is 0 Å². The lowest BCUT2D eigenvalue weighted by atomic mass is 9.81. The number of rotatable bonds is 2. The first-order chi connectivity index (χ1) is 7.29. The smallest absolute Gasteiger partial charge is 0.123 e. The van der Waals surface area contributed by atoms with Gasteiger partial charge in [0.25, 0.3) is 0 Å². The van der Waals surface area contributed by atoms with E-state index in [1.807, 2.05) is 19.2 Å². The lowest BCUT2D eigenvalue weighted by molar-refractivity contribution is 0.355. The predicted octanol–water partition coefficient (Wildman–Crippen LogP) is 3.07. The molecule has 2 atom stereocenters. The van der Waals surface area contributed by atoms with Crippen molar-refractivity contribution in [2.45, 2.75) is 37.6 Å². The van der Waals surface area contributed by atoms with Crippen molar-refractivity contribution in [1.82, 2.24) is 5.32 Å². The molecule has 1 saturated carbocycles. The molecule has 0 aromatic heterocycles. The van der Waals surface area contributed by atoms with Gasteiger partial charge < -0.3 is 5.32 Å². The minimum absolute atomic E-state index is 0.139. The molecule has 15 heavy (non-hydrogen) atoms. The molecular formula is C13H18FN. The first-order valence-electron chi connectivity index (χ1n) is 5.72. The van der Waals surface area contributed by atoms with Gasteiger partial charge in [0.05, 0.1) is 0 Å². The van der Waals surface area contributed by atoms with Crippen LogP contribution in [0.15, 0.2) is 24.3 Å². The van der Waals surface area contributed by atoms with Gasteiger partial charge in [-0.2, -0.15) is 0 Å². The summed E-state index contributed by atoms with van der Waals surface area (Å²) < 4.78 is 12.8. The molecule has 0 spiro atoms. The van der Waals surface area contributed by atoms with Gasteiger partial charge in [-0.15, -0.1) is 0 Å². The highest BCUT2D eigenvalue weighted by molar-refractivity contribution is 5.21. The van der Waals surface area contributed by atoms with Crippen LogP contribution in [0.1, 0.15) is 37.2 Å². The molecule has 1 fully saturated rings. The van der Waals surface area contributed by atoms with Crippen LogP contribution in [-0.4, -0.2) is 13.1 Å². The van der Waals surface area contributed by atoms with Crippen LogP contribution in [0.2, 0.25) is 0 Å². The van der Waals surface area contributed by atoms with Crippen LogP contribution in [0.5, 0.6) is 0 Å². The van der Waals surface area contributed by atoms with Gasteiger partial charge in [0.15, 0.2) is 0 Å². The Hall–Kier alpha value is -0.890. The summed E-state index contributed by atoms with van der Waals surface area (Å²) in [4.78, 5) is 0. The number of halogens is 1. The normalized spacial score (nSPS) is 26.5. The van der Waals surface area contributed by atoms with E-state index in [-0.39, 0.29) is 5.82 Å². The Morgan fingerprint density at radius 3 is 2.60 bits per heavy atom. The average Bonchev–Trinajstić information content (AvgIpc) is 2.30. The molecule has 0 radical (unpaired) electrons. The molecule has 2 rings (SSSR count). The molecule has 0 aliphatic heterocycles. The molecule has 1 aromatic carbocycles. The summed E-state index contributed by atoms with van der Waals surface area (Å²) in [5, 5.41) is 3.34. The van der Waals surface area contributed by atoms with Gasteiger partial charge in [0.1, 0.15) is 5.82 Å². The minimum atomic E-state index is -0.139. The van der Waals surface area contributed by atoms with Gasteiger partial charge in [-0.05, 0) is 49.9 Å². The fourth-order valence-electron chi connectivity index (χ4n) is 2.49. The van der Waals surface area contributed by atoms with E-state index < -0.39 is 0 Å². The third-order valence-electron chi connectivity index (χ3n) is 3.42. The summed E-state index contributed by atoms with van der Waals surface area (Å²) in [6.07, 6.45) is 4.97. The topological polar surface area (TPSA) is 12.0 Å². The second-order valence-electron chi connectivity index (χ2n) is 4.40. The van der Waals surface area contributed by atoms with Crippen molar-refractivity contribution < 1.29 is 4.39 Å². The van der Waals surface area contributed by atoms with E-state index in [2.05, 4.69) is 5.32 Å². The second-order valence-corrected chi connectivity index (χ2v) is 4.40. The summed E-state index contributed by atoms with van der Waals surface area (Å²) in [5.74, 6) is 0.469. The van der Waals surface area contributed by atoms with E-state index in [1.165, 1.54) is 31.2 Å². The summed E-state index contributed by atoms with van der Waals surface area (Å²) in [5.41, 5.74) is 1.29. The molecule has 0 amide bonds. The van der Waals surface area contributed by atoms with Gasteiger partial charge in [0.2, 0.25) is 0 Å². The van der Waals surface area contributed by atoms with Crippen molar-refractivity contribution in [1.29, 1.82) is 0 Å². The molecule has 0 saturated heterocycles. The van der Waals surface area contributed by atoms with Crippen molar-refractivity contribution in [2.75, 3.05) is 7.05 Å². The van der Waals surface area contributed by atoms with Gasteiger partial charge >= 0.3 is 0 Å². The van der Waals surface area contributed by atoms with Crippen molar-refractivity contribution in [2.24, 2.45) is 0 Å². The zero-order valence-electron chi connectivity index (χ0n) is 9.17. The van der Waals surface area contributed by atoms with E-state index in [0.29, 0.717) is 12.0 Å². The summed E-state index contributed by atoms with van der Waals surface area (Å²) in [6, 6.07) is 7.63. The molecule has 82 valence electrons. The lowest BCUT2D eigenvalue weighted by Crippen LogP contribution is -2.30. The highest BCUT2D eigenvalue weighted by atomic mass is 19.1. The first-order valence-corrected chi connectivity index (χ1v) is 5.72. The minimum Gasteiger partial charge on any atom is -0.317 e. The Kier molecular flexibility index (Phi) is 3.37. The molecule has 1 N–H and O–H groups in total. The maximum Gasteiger partial charge on any atom is 0.123 e. The van der Waals surface area contributed by atoms with Crippen molar-refractivity contribution in [3.05, 3.63) is 35.6 Å². The molecular weight excluding hydrogens is 189 g/mol. The number of nitrogens with one attached hydrogen (secondary N) is 1. The Bertz CT molecular complexity index is 307. The van der Waals surface area contributed by atoms with E-state index in [4.69, 9.17) is 0 Å². The largest absolute Gasteiger partial charge is 0.317 e. The SMILES string of the molecule is CNC1CCCC(c2ccc(F)cc2)C1. The van der Waals surface area contributed by atoms with Gasteiger partial charge in [-0.25, -0.2) is 4.39 Å². The number of hydrogen-bond donors (Lipinski definition) is 1. The molecule has 0 heterocycles. The highest BCUT2D eigenvalue weighted by Crippen LogP contribution is 2.32. The van der Waals surface area contributed by atoms with E-state index in [0.717, 1.165) is 0 Å². The predicted molar refractivity (Wildman–Crippen MR) is 60.5 cm³/mol. The van der Waals surface area contributed by atoms with Crippen molar-refractivity contribution in [3.63, 3.8) is 0 Å². The number of hydrogen-bond acceptors (Lipinski definition) is 1. The van der Waals surface area contributed by atoms with Crippen LogP contribution in [0.3, 0.4) is 0 Å². The van der Waals surface area contributed by atoms with Crippen molar-refractivity contribution in [3.8, 4) is 0 Å². The third kappa shape index (κ3) is 2.57. The first kappa shape index (κ1) is 10.6. The maximum absolute atomic E-state index is 12.8. The van der Waals surface area contributed by atoms with Crippen LogP contribution < -0.4 is 5.32 Å². The molecule has 2 heteroatoms. The van der Waals surface area contributed by atoms with E-state index in [9.17, 15) is 4.39 Å². The van der Waals surface area contributed by atoms with Crippen LogP contribution in [0.4, 0.5) is 4.39 Å². The van der Waals surface area contributed by atoms with Gasteiger partial charge in [-0.3, -0.25) is 0 Å². The Balaban J connectivity index is 2.06. The third-order valence-corrected chi connectivity index (χ3v) is 3.42. The molecule has 1 nitrogen and oxygen atoms in total. The summed E-state index contributed by atoms with van der Waals surface area (Å²) in [7, 11) is 2.03. The van der Waals surface area contributed by atoms with Crippen LogP contribution in [-0.2, 0) is 0 Å². The van der Waals surface area contributed by atoms with Gasteiger partial charge in [0, 0.05) is 6.04 Å². The number of benzene rings is 1. The zero-order valence-corrected chi connectivity index (χ0v) is 9.17. The Morgan fingerprint density at radius 1 is 1.20 bits per heavy atom. The van der Waals surface area contributed by atoms with Gasteiger partial charge in [-0.1, -0.05) is 18.6 Å². The monoisotopic (exact) mass is 207 g/mol. The zero-order chi connectivity index (χ0) is 10.7. The molecule has 2 unspecified atom stereocenters. The standard InChI is InChI=1S/C13H18FN/c1-15-13-4-2-3-11(9-13)10-5-7-12(14)8-6-10/h5-8,11,13,15H,2-4,9H2,1H3. The van der Waals surface area contributed by atoms with E-state index >= 15 is 0 Å². The Labute approximate surface area is 90.7 Å². The molecule has 1 aliphatic carbocycles. The molecule has 1 aliphatic rings. The molecule has 1 aromatic rings. The summed E-state index contributed by atoms with van der Waals surface area (Å²) >= 11 is 0. The van der Waals surface area contributed by atoms with Crippen LogP contribution in [0, 0.1) is 5.82 Å². The van der Waals surface area contributed by atoms with Crippen LogP contribution in [0.25, 0.3) is 0 Å². The van der Waals surface area contributed by atoms with E-state index in [1.54, 1.807) is 12.1 Å². The fourth-order valence-corrected chi connectivity index (χ4v) is 2.49.